The maximum Gasteiger partial charge on any atom is 0.402 e. The van der Waals surface area contributed by atoms with Gasteiger partial charge in [0.05, 0.1) is 9.79 Å². The summed E-state index contributed by atoms with van der Waals surface area (Å²) in [5, 5.41) is 4.79. The molecule has 1 aromatic carbocycles. The molecule has 0 aliphatic heterocycles. The summed E-state index contributed by atoms with van der Waals surface area (Å²) in [4.78, 5) is -1.13. The molecule has 19 heavy (non-hydrogen) atoms. The zero-order chi connectivity index (χ0) is 14.9. The van der Waals surface area contributed by atoms with Gasteiger partial charge >= 0.3 is 6.18 Å². The van der Waals surface area contributed by atoms with Crippen molar-refractivity contribution in [3.8, 4) is 0 Å². The van der Waals surface area contributed by atoms with Crippen molar-refractivity contribution in [3.63, 3.8) is 0 Å². The van der Waals surface area contributed by atoms with Crippen LogP contribution in [0, 0.1) is 0 Å². The molecule has 11 heteroatoms. The van der Waals surface area contributed by atoms with Crippen molar-refractivity contribution in [1.29, 1.82) is 0 Å². The fourth-order valence-electron chi connectivity index (χ4n) is 1.08. The first kappa shape index (κ1) is 15.9. The van der Waals surface area contributed by atoms with Gasteiger partial charge in [0.25, 0.3) is 0 Å². The molecule has 0 bridgehead atoms. The van der Waals surface area contributed by atoms with E-state index in [9.17, 15) is 30.0 Å². The molecule has 0 amide bonds. The van der Waals surface area contributed by atoms with E-state index in [-0.39, 0.29) is 0 Å². The standard InChI is InChI=1S/C8H9F3N2O4S2/c9-8(10,11)5-13-19(16,17)7-3-1-2-6(4-7)18(12,14)15/h1-4,13H,5H2,(H2,12,14,15). The molecule has 0 aliphatic carbocycles. The van der Waals surface area contributed by atoms with E-state index in [1.807, 2.05) is 0 Å². The molecule has 0 heterocycles. The minimum atomic E-state index is -4.72. The molecule has 0 unspecified atom stereocenters. The Morgan fingerprint density at radius 3 is 2.11 bits per heavy atom. The molecule has 0 atom stereocenters. The number of benzene rings is 1. The normalized spacial score (nSPS) is 13.5. The fourth-order valence-corrected chi connectivity index (χ4v) is 2.77. The number of nitrogens with two attached hydrogens (primary N) is 1. The number of halogens is 3. The van der Waals surface area contributed by atoms with Crippen molar-refractivity contribution in [1.82, 2.24) is 4.72 Å². The number of rotatable bonds is 4. The zero-order valence-corrected chi connectivity index (χ0v) is 10.8. The molecule has 0 aromatic heterocycles. The topological polar surface area (TPSA) is 106 Å². The lowest BCUT2D eigenvalue weighted by molar-refractivity contribution is -0.121. The first-order valence-corrected chi connectivity index (χ1v) is 7.64. The van der Waals surface area contributed by atoms with Crippen molar-refractivity contribution < 1.29 is 30.0 Å². The lowest BCUT2D eigenvalue weighted by Crippen LogP contribution is -2.33. The second-order valence-electron chi connectivity index (χ2n) is 3.46. The Balaban J connectivity index is 3.10. The van der Waals surface area contributed by atoms with Crippen molar-refractivity contribution >= 4 is 20.0 Å². The number of hydrogen-bond acceptors (Lipinski definition) is 4. The third kappa shape index (κ3) is 4.78. The highest BCUT2D eigenvalue weighted by Crippen LogP contribution is 2.17. The van der Waals surface area contributed by atoms with Crippen LogP contribution in [0.15, 0.2) is 34.1 Å². The maximum atomic E-state index is 11.9. The minimum absolute atomic E-state index is 0.512. The minimum Gasteiger partial charge on any atom is -0.225 e. The van der Waals surface area contributed by atoms with Crippen molar-refractivity contribution in [2.24, 2.45) is 5.14 Å². The predicted molar refractivity (Wildman–Crippen MR) is 59.1 cm³/mol. The Morgan fingerprint density at radius 2 is 1.63 bits per heavy atom. The molecule has 1 aromatic rings. The zero-order valence-electron chi connectivity index (χ0n) is 9.18. The Kier molecular flexibility index (Phi) is 4.24. The van der Waals surface area contributed by atoms with Gasteiger partial charge in [-0.25, -0.2) is 26.7 Å². The third-order valence-electron chi connectivity index (χ3n) is 1.91. The van der Waals surface area contributed by atoms with E-state index in [1.165, 1.54) is 4.72 Å². The van der Waals surface area contributed by atoms with E-state index in [4.69, 9.17) is 5.14 Å². The van der Waals surface area contributed by atoms with Gasteiger partial charge in [-0.05, 0) is 18.2 Å². The molecule has 0 aliphatic rings. The Hall–Kier alpha value is -1.17. The quantitative estimate of drug-likeness (QED) is 0.825. The third-order valence-corrected chi connectivity index (χ3v) is 4.22. The van der Waals surface area contributed by atoms with Crippen LogP contribution in [-0.2, 0) is 20.0 Å². The van der Waals surface area contributed by atoms with Crippen LogP contribution in [-0.4, -0.2) is 29.6 Å². The van der Waals surface area contributed by atoms with Crippen LogP contribution in [0.5, 0.6) is 0 Å². The van der Waals surface area contributed by atoms with Crippen LogP contribution in [0.2, 0.25) is 0 Å². The van der Waals surface area contributed by atoms with E-state index in [0.717, 1.165) is 18.2 Å². The van der Waals surface area contributed by atoms with Crippen LogP contribution in [0.3, 0.4) is 0 Å². The van der Waals surface area contributed by atoms with Gasteiger partial charge in [0.2, 0.25) is 20.0 Å². The van der Waals surface area contributed by atoms with E-state index >= 15 is 0 Å². The van der Waals surface area contributed by atoms with Gasteiger partial charge in [0.1, 0.15) is 6.54 Å². The van der Waals surface area contributed by atoms with Gasteiger partial charge in [-0.15, -0.1) is 0 Å². The molecule has 0 spiro atoms. The molecule has 3 N–H and O–H groups in total. The lowest BCUT2D eigenvalue weighted by atomic mass is 10.4. The van der Waals surface area contributed by atoms with Crippen LogP contribution >= 0.6 is 0 Å². The number of sulfonamides is 2. The number of hydrogen-bond donors (Lipinski definition) is 2. The molecule has 1 rings (SSSR count). The van der Waals surface area contributed by atoms with Gasteiger partial charge < -0.3 is 0 Å². The van der Waals surface area contributed by atoms with Crippen LogP contribution < -0.4 is 9.86 Å². The summed E-state index contributed by atoms with van der Waals surface area (Å²) >= 11 is 0. The summed E-state index contributed by atoms with van der Waals surface area (Å²) in [6, 6.07) is 3.71. The molecule has 108 valence electrons. The first-order chi connectivity index (χ1) is 8.42. The monoisotopic (exact) mass is 318 g/mol. The highest BCUT2D eigenvalue weighted by atomic mass is 32.2. The molecular formula is C8H9F3N2O4S2. The van der Waals surface area contributed by atoms with Crippen LogP contribution in [0.25, 0.3) is 0 Å². The van der Waals surface area contributed by atoms with Crippen molar-refractivity contribution in [2.75, 3.05) is 6.54 Å². The van der Waals surface area contributed by atoms with E-state index in [0.29, 0.717) is 6.07 Å². The molecule has 0 radical (unpaired) electrons. The molecule has 0 saturated carbocycles. The number of alkyl halides is 3. The van der Waals surface area contributed by atoms with Gasteiger partial charge in [-0.1, -0.05) is 6.07 Å². The summed E-state index contributed by atoms with van der Waals surface area (Å²) in [5.41, 5.74) is 0. The highest BCUT2D eigenvalue weighted by molar-refractivity contribution is 7.90. The summed E-state index contributed by atoms with van der Waals surface area (Å²) in [5.74, 6) is 0. The van der Waals surface area contributed by atoms with Gasteiger partial charge in [0, 0.05) is 0 Å². The van der Waals surface area contributed by atoms with Crippen molar-refractivity contribution in [3.05, 3.63) is 24.3 Å². The molecule has 6 nitrogen and oxygen atoms in total. The summed E-state index contributed by atoms with van der Waals surface area (Å²) in [6.45, 7) is -1.76. The van der Waals surface area contributed by atoms with Gasteiger partial charge in [-0.3, -0.25) is 0 Å². The highest BCUT2D eigenvalue weighted by Gasteiger charge is 2.30. The van der Waals surface area contributed by atoms with Crippen LogP contribution in [0.4, 0.5) is 13.2 Å². The summed E-state index contributed by atoms with van der Waals surface area (Å²) in [7, 11) is -8.61. The Bertz CT molecular complexity index is 667. The number of nitrogens with one attached hydrogen (secondary N) is 1. The molecular weight excluding hydrogens is 309 g/mol. The van der Waals surface area contributed by atoms with E-state index < -0.39 is 42.6 Å². The Morgan fingerprint density at radius 1 is 1.11 bits per heavy atom. The summed E-state index contributed by atoms with van der Waals surface area (Å²) < 4.78 is 82.1. The SMILES string of the molecule is NS(=O)(=O)c1cccc(S(=O)(=O)NCC(F)(F)F)c1. The predicted octanol–water partition coefficient (Wildman–Crippen LogP) is 0.175. The largest absolute Gasteiger partial charge is 0.402 e. The lowest BCUT2D eigenvalue weighted by Gasteiger charge is -2.09. The maximum absolute atomic E-state index is 11.9. The first-order valence-electron chi connectivity index (χ1n) is 4.61. The van der Waals surface area contributed by atoms with Gasteiger partial charge in [-0.2, -0.15) is 13.2 Å². The van der Waals surface area contributed by atoms with E-state index in [1.54, 1.807) is 0 Å². The fraction of sp³-hybridized carbons (Fsp3) is 0.250. The average molecular weight is 318 g/mol. The number of primary sulfonamides is 1. The van der Waals surface area contributed by atoms with Gasteiger partial charge in [0.15, 0.2) is 0 Å². The Labute approximate surface area is 107 Å². The summed E-state index contributed by atoms with van der Waals surface area (Å²) in [6.07, 6.45) is -4.72. The molecule has 0 saturated heterocycles. The average Bonchev–Trinajstić information content (AvgIpc) is 2.25. The second-order valence-corrected chi connectivity index (χ2v) is 6.79. The second kappa shape index (κ2) is 5.07. The molecule has 0 fully saturated rings. The smallest absolute Gasteiger partial charge is 0.225 e. The van der Waals surface area contributed by atoms with Crippen LogP contribution in [0.1, 0.15) is 0 Å². The van der Waals surface area contributed by atoms with E-state index in [2.05, 4.69) is 0 Å². The van der Waals surface area contributed by atoms with Crippen molar-refractivity contribution in [2.45, 2.75) is 16.0 Å².